The third kappa shape index (κ3) is 4.85. The van der Waals surface area contributed by atoms with E-state index in [1.54, 1.807) is 12.1 Å². The summed E-state index contributed by atoms with van der Waals surface area (Å²) in [4.78, 5) is 12.1. The summed E-state index contributed by atoms with van der Waals surface area (Å²) in [5.74, 6) is 0.109. The molecule has 10 heteroatoms. The fourth-order valence-corrected chi connectivity index (χ4v) is 4.34. The summed E-state index contributed by atoms with van der Waals surface area (Å²) in [6, 6.07) is 5.60. The number of methoxy groups -OCH3 is 1. The Morgan fingerprint density at radius 2 is 1.97 bits per heavy atom. The average Bonchev–Trinajstić information content (AvgIpc) is 2.76. The molecule has 2 atom stereocenters. The number of rotatable bonds is 5. The molecule has 0 radical (unpaired) electrons. The van der Waals surface area contributed by atoms with Crippen LogP contribution in [0.2, 0.25) is 0 Å². The van der Waals surface area contributed by atoms with Crippen molar-refractivity contribution in [1.29, 1.82) is 0 Å². The second-order valence-corrected chi connectivity index (χ2v) is 9.33. The van der Waals surface area contributed by atoms with Gasteiger partial charge in [0.1, 0.15) is 35.5 Å². The Morgan fingerprint density at radius 1 is 1.15 bits per heavy atom. The van der Waals surface area contributed by atoms with Crippen LogP contribution in [0.4, 0.5) is 10.2 Å². The molecule has 174 valence electrons. The summed E-state index contributed by atoms with van der Waals surface area (Å²) in [5, 5.41) is 25.4. The Balaban J connectivity index is 1.51. The first-order valence-corrected chi connectivity index (χ1v) is 10.5. The van der Waals surface area contributed by atoms with E-state index in [9.17, 15) is 5.11 Å². The minimum Gasteiger partial charge on any atom is -0.506 e. The Kier molecular flexibility index (Phi) is 4.93. The fraction of sp³-hybridized carbons (Fsp3) is 0.435. The number of piperidine rings is 1. The molecule has 0 aliphatic carbocycles. The van der Waals surface area contributed by atoms with Crippen molar-refractivity contribution >= 4 is 5.82 Å². The molecule has 33 heavy (non-hydrogen) atoms. The van der Waals surface area contributed by atoms with Crippen molar-refractivity contribution in [3.05, 3.63) is 36.8 Å². The van der Waals surface area contributed by atoms with E-state index in [4.69, 9.17) is 8.85 Å². The molecule has 4 heterocycles. The number of ether oxygens (including phenoxy) is 1. The summed E-state index contributed by atoms with van der Waals surface area (Å²) in [7, 11) is -2.65. The largest absolute Gasteiger partial charge is 0.506 e. The highest BCUT2D eigenvalue weighted by Gasteiger charge is 2.46. The van der Waals surface area contributed by atoms with Gasteiger partial charge in [0.25, 0.3) is 0 Å². The van der Waals surface area contributed by atoms with E-state index in [2.05, 4.69) is 35.8 Å². The van der Waals surface area contributed by atoms with Crippen LogP contribution in [0.1, 0.15) is 38.2 Å². The molecule has 0 spiro atoms. The van der Waals surface area contributed by atoms with Crippen molar-refractivity contribution in [3.63, 3.8) is 0 Å². The predicted octanol–water partition coefficient (Wildman–Crippen LogP) is 3.38. The van der Waals surface area contributed by atoms with Gasteiger partial charge in [-0.15, -0.1) is 10.2 Å². The SMILES string of the molecule is [2H]C([2H])([2H])Oc1cc(-c2cnc(-c3ccc(N[C@@H]4CC(C)(C)NC(C)(C)[C@@H]4F)nn3)c(O)c2)ncn1. The van der Waals surface area contributed by atoms with Crippen LogP contribution in [0.5, 0.6) is 11.6 Å². The maximum absolute atomic E-state index is 15.1. The van der Waals surface area contributed by atoms with Gasteiger partial charge in [0, 0.05) is 28.9 Å². The number of hydrogen-bond acceptors (Lipinski definition) is 9. The lowest BCUT2D eigenvalue weighted by Crippen LogP contribution is -2.67. The second-order valence-electron chi connectivity index (χ2n) is 9.33. The van der Waals surface area contributed by atoms with Crippen molar-refractivity contribution < 1.29 is 18.3 Å². The molecule has 0 aromatic carbocycles. The number of nitrogens with zero attached hydrogens (tertiary/aromatic N) is 5. The van der Waals surface area contributed by atoms with E-state index < -0.39 is 24.8 Å². The Bertz CT molecular complexity index is 1240. The Hall–Kier alpha value is -3.40. The minimum atomic E-state index is -2.65. The molecule has 9 nitrogen and oxygen atoms in total. The number of anilines is 1. The second kappa shape index (κ2) is 8.51. The number of alkyl halides is 1. The molecule has 4 rings (SSSR count). The topological polar surface area (TPSA) is 118 Å². The summed E-state index contributed by atoms with van der Waals surface area (Å²) in [5.41, 5.74) is 0.300. The van der Waals surface area contributed by atoms with Crippen LogP contribution in [-0.4, -0.2) is 60.6 Å². The van der Waals surface area contributed by atoms with E-state index >= 15 is 4.39 Å². The number of pyridine rings is 1. The lowest BCUT2D eigenvalue weighted by atomic mass is 9.78. The van der Waals surface area contributed by atoms with Gasteiger partial charge < -0.3 is 20.5 Å². The molecule has 1 aliphatic heterocycles. The van der Waals surface area contributed by atoms with Gasteiger partial charge in [-0.05, 0) is 52.3 Å². The molecule has 1 saturated heterocycles. The molecule has 0 saturated carbocycles. The zero-order chi connectivity index (χ0) is 26.3. The molecule has 0 amide bonds. The first kappa shape index (κ1) is 19.1. The lowest BCUT2D eigenvalue weighted by molar-refractivity contribution is 0.0655. The molecule has 0 unspecified atom stereocenters. The third-order valence-corrected chi connectivity index (χ3v) is 5.58. The first-order valence-electron chi connectivity index (χ1n) is 12.0. The summed E-state index contributed by atoms with van der Waals surface area (Å²) in [6.45, 7) is 7.74. The zero-order valence-electron chi connectivity index (χ0n) is 21.8. The normalized spacial score (nSPS) is 23.1. The zero-order valence-corrected chi connectivity index (χ0v) is 18.8. The maximum Gasteiger partial charge on any atom is 0.216 e. The molecule has 1 fully saturated rings. The average molecular weight is 457 g/mol. The van der Waals surface area contributed by atoms with Crippen molar-refractivity contribution in [2.45, 2.75) is 57.4 Å². The van der Waals surface area contributed by atoms with Crippen LogP contribution >= 0.6 is 0 Å². The van der Waals surface area contributed by atoms with Gasteiger partial charge >= 0.3 is 0 Å². The third-order valence-electron chi connectivity index (χ3n) is 5.58. The lowest BCUT2D eigenvalue weighted by Gasteiger charge is -2.48. The standard InChI is InChI=1S/C23H28FN7O2/c1-22(2)10-16(21(24)23(3,4)31-22)28-18-7-6-14(29-30-18)20-17(32)8-13(11-25-20)15-9-19(33-5)27-12-26-15/h6-9,11-12,16,21,31-32H,10H2,1-5H3,(H,28,30)/t16-,21-/m1/s1/i5D3. The van der Waals surface area contributed by atoms with E-state index in [-0.39, 0.29) is 22.9 Å². The molecule has 1 aliphatic rings. The van der Waals surface area contributed by atoms with E-state index in [1.165, 1.54) is 18.3 Å². The summed E-state index contributed by atoms with van der Waals surface area (Å²) < 4.78 is 41.5. The highest BCUT2D eigenvalue weighted by molar-refractivity contribution is 5.69. The van der Waals surface area contributed by atoms with Crippen LogP contribution in [0.3, 0.4) is 0 Å². The van der Waals surface area contributed by atoms with Gasteiger partial charge in [-0.2, -0.15) is 0 Å². The Labute approximate surface area is 196 Å². The first-order chi connectivity index (χ1) is 16.7. The number of nitrogens with one attached hydrogen (secondary N) is 2. The quantitative estimate of drug-likeness (QED) is 0.531. The van der Waals surface area contributed by atoms with Crippen LogP contribution in [0.25, 0.3) is 22.6 Å². The van der Waals surface area contributed by atoms with Gasteiger partial charge in [0.2, 0.25) is 5.88 Å². The predicted molar refractivity (Wildman–Crippen MR) is 123 cm³/mol. The van der Waals surface area contributed by atoms with Crippen LogP contribution in [0.15, 0.2) is 36.8 Å². The monoisotopic (exact) mass is 456 g/mol. The van der Waals surface area contributed by atoms with Crippen LogP contribution in [-0.2, 0) is 0 Å². The molecule has 3 aromatic heterocycles. The molecular weight excluding hydrogens is 425 g/mol. The molecule has 0 bridgehead atoms. The van der Waals surface area contributed by atoms with Crippen LogP contribution < -0.4 is 15.4 Å². The van der Waals surface area contributed by atoms with E-state index in [1.807, 2.05) is 27.7 Å². The van der Waals surface area contributed by atoms with E-state index in [0.717, 1.165) is 6.33 Å². The summed E-state index contributed by atoms with van der Waals surface area (Å²) in [6.07, 6.45) is 2.03. The van der Waals surface area contributed by atoms with Gasteiger partial charge in [-0.1, -0.05) is 0 Å². The summed E-state index contributed by atoms with van der Waals surface area (Å²) >= 11 is 0. The van der Waals surface area contributed by atoms with Crippen molar-refractivity contribution in [1.82, 2.24) is 30.5 Å². The van der Waals surface area contributed by atoms with Gasteiger partial charge in [-0.25, -0.2) is 19.3 Å². The maximum atomic E-state index is 15.1. The molecule has 3 N–H and O–H groups in total. The van der Waals surface area contributed by atoms with Crippen LogP contribution in [0, 0.1) is 0 Å². The number of hydrogen-bond donors (Lipinski definition) is 3. The highest BCUT2D eigenvalue weighted by atomic mass is 19.1. The highest BCUT2D eigenvalue weighted by Crippen LogP contribution is 2.33. The van der Waals surface area contributed by atoms with Gasteiger partial charge in [0.05, 0.1) is 22.9 Å². The molecule has 3 aromatic rings. The van der Waals surface area contributed by atoms with Crippen molar-refractivity contribution in [2.75, 3.05) is 12.4 Å². The molecular formula is C23H28FN7O2. The minimum absolute atomic E-state index is 0.131. The Morgan fingerprint density at radius 3 is 2.67 bits per heavy atom. The van der Waals surface area contributed by atoms with E-state index in [0.29, 0.717) is 29.2 Å². The van der Waals surface area contributed by atoms with Crippen molar-refractivity contribution in [3.8, 4) is 34.3 Å². The van der Waals surface area contributed by atoms with Gasteiger partial charge in [0.15, 0.2) is 0 Å². The fourth-order valence-electron chi connectivity index (χ4n) is 4.34. The number of aromatic nitrogens is 5. The number of aromatic hydroxyl groups is 1. The van der Waals surface area contributed by atoms with Gasteiger partial charge in [-0.3, -0.25) is 0 Å². The smallest absolute Gasteiger partial charge is 0.216 e. The number of halogens is 1. The van der Waals surface area contributed by atoms with Crippen molar-refractivity contribution in [2.24, 2.45) is 0 Å².